The van der Waals surface area contributed by atoms with Gasteiger partial charge in [0.15, 0.2) is 6.61 Å². The Labute approximate surface area is 124 Å². The van der Waals surface area contributed by atoms with E-state index in [4.69, 9.17) is 4.74 Å². The van der Waals surface area contributed by atoms with Crippen molar-refractivity contribution < 1.29 is 14.6 Å². The molecule has 0 bridgehead atoms. The quantitative estimate of drug-likeness (QED) is 0.891. The number of amides is 1. The summed E-state index contributed by atoms with van der Waals surface area (Å²) < 4.78 is 5.33. The minimum atomic E-state index is -0.542. The van der Waals surface area contributed by atoms with E-state index in [-0.39, 0.29) is 12.5 Å². The molecule has 2 aliphatic rings. The van der Waals surface area contributed by atoms with Crippen molar-refractivity contribution in [3.05, 3.63) is 23.8 Å². The van der Waals surface area contributed by atoms with Crippen LogP contribution in [0.2, 0.25) is 0 Å². The van der Waals surface area contributed by atoms with Crippen molar-refractivity contribution in [2.24, 2.45) is 5.92 Å². The van der Waals surface area contributed by atoms with Crippen LogP contribution >= 0.6 is 0 Å². The number of nitrogens with one attached hydrogen (secondary N) is 1. The van der Waals surface area contributed by atoms with Gasteiger partial charge in [0.25, 0.3) is 5.91 Å². The third-order valence-corrected chi connectivity index (χ3v) is 4.19. The van der Waals surface area contributed by atoms with Crippen LogP contribution < -0.4 is 10.1 Å². The Morgan fingerprint density at radius 1 is 1.52 bits per heavy atom. The summed E-state index contributed by atoms with van der Waals surface area (Å²) in [5.41, 5.74) is 1.47. The molecule has 3 rings (SSSR count). The number of likely N-dealkylation sites (tertiary alicyclic amines) is 1. The fourth-order valence-corrected chi connectivity index (χ4v) is 3.11. The zero-order valence-electron chi connectivity index (χ0n) is 12.3. The SMILES string of the molecule is CC1CCCN(CC(O)c2ccc3c(c2)NC(=O)CO3)C1. The first kappa shape index (κ1) is 14.4. The number of carbonyl (C=O) groups excluding carboxylic acids is 1. The summed E-state index contributed by atoms with van der Waals surface area (Å²) in [6.07, 6.45) is 1.93. The molecule has 2 atom stereocenters. The van der Waals surface area contributed by atoms with E-state index < -0.39 is 6.10 Å². The lowest BCUT2D eigenvalue weighted by Crippen LogP contribution is -2.37. The maximum Gasteiger partial charge on any atom is 0.262 e. The first-order valence-corrected chi connectivity index (χ1v) is 7.59. The molecule has 1 saturated heterocycles. The average Bonchev–Trinajstić information content (AvgIpc) is 2.46. The zero-order valence-corrected chi connectivity index (χ0v) is 12.3. The second-order valence-electron chi connectivity index (χ2n) is 6.12. The molecular formula is C16H22N2O3. The summed E-state index contributed by atoms with van der Waals surface area (Å²) in [6, 6.07) is 5.49. The Balaban J connectivity index is 1.68. The number of aliphatic hydroxyl groups is 1. The average molecular weight is 290 g/mol. The molecule has 1 fully saturated rings. The largest absolute Gasteiger partial charge is 0.482 e. The van der Waals surface area contributed by atoms with Crippen molar-refractivity contribution in [3.63, 3.8) is 0 Å². The predicted octanol–water partition coefficient (Wildman–Crippen LogP) is 1.78. The molecule has 2 aliphatic heterocycles. The number of β-amino-alcohol motifs (C(OH)–C–C–N with tert-alkyl or cyclic N) is 1. The lowest BCUT2D eigenvalue weighted by molar-refractivity contribution is -0.118. The maximum absolute atomic E-state index is 11.4. The van der Waals surface area contributed by atoms with Crippen LogP contribution in [-0.4, -0.2) is 42.2 Å². The molecule has 0 spiro atoms. The summed E-state index contributed by atoms with van der Waals surface area (Å²) >= 11 is 0. The number of carbonyl (C=O) groups is 1. The molecule has 21 heavy (non-hydrogen) atoms. The second-order valence-corrected chi connectivity index (χ2v) is 6.12. The van der Waals surface area contributed by atoms with Crippen LogP contribution in [0.25, 0.3) is 0 Å². The molecule has 2 heterocycles. The number of rotatable bonds is 3. The van der Waals surface area contributed by atoms with Crippen molar-refractivity contribution in [3.8, 4) is 5.75 Å². The molecule has 1 aromatic carbocycles. The van der Waals surface area contributed by atoms with Gasteiger partial charge in [-0.1, -0.05) is 13.0 Å². The van der Waals surface area contributed by atoms with E-state index in [0.717, 1.165) is 18.7 Å². The molecule has 0 saturated carbocycles. The van der Waals surface area contributed by atoms with Crippen LogP contribution in [0.15, 0.2) is 18.2 Å². The van der Waals surface area contributed by atoms with E-state index in [1.165, 1.54) is 12.8 Å². The zero-order chi connectivity index (χ0) is 14.8. The minimum absolute atomic E-state index is 0.0561. The standard InChI is InChI=1S/C16H22N2O3/c1-11-3-2-6-18(8-11)9-14(19)12-4-5-15-13(7-12)17-16(20)10-21-15/h4-5,7,11,14,19H,2-3,6,8-10H2,1H3,(H,17,20). The second kappa shape index (κ2) is 6.03. The molecule has 2 unspecified atom stereocenters. The maximum atomic E-state index is 11.4. The van der Waals surface area contributed by atoms with Crippen molar-refractivity contribution in [1.82, 2.24) is 4.90 Å². The van der Waals surface area contributed by atoms with Crippen molar-refractivity contribution >= 4 is 11.6 Å². The third-order valence-electron chi connectivity index (χ3n) is 4.19. The first-order valence-electron chi connectivity index (χ1n) is 7.59. The van der Waals surface area contributed by atoms with Crippen LogP contribution in [0, 0.1) is 5.92 Å². The molecule has 1 amide bonds. The number of aliphatic hydroxyl groups excluding tert-OH is 1. The van der Waals surface area contributed by atoms with Crippen LogP contribution in [0.3, 0.4) is 0 Å². The normalized spacial score (nSPS) is 23.9. The highest BCUT2D eigenvalue weighted by Crippen LogP contribution is 2.31. The van der Waals surface area contributed by atoms with Gasteiger partial charge in [0, 0.05) is 13.1 Å². The Morgan fingerprint density at radius 2 is 2.38 bits per heavy atom. The fourth-order valence-electron chi connectivity index (χ4n) is 3.11. The highest BCUT2D eigenvalue weighted by Gasteiger charge is 2.22. The lowest BCUT2D eigenvalue weighted by atomic mass is 9.99. The van der Waals surface area contributed by atoms with Gasteiger partial charge >= 0.3 is 0 Å². The molecule has 0 radical (unpaired) electrons. The van der Waals surface area contributed by atoms with Gasteiger partial charge in [-0.15, -0.1) is 0 Å². The molecule has 5 heteroatoms. The highest BCUT2D eigenvalue weighted by molar-refractivity contribution is 5.95. The minimum Gasteiger partial charge on any atom is -0.482 e. The highest BCUT2D eigenvalue weighted by atomic mass is 16.5. The Bertz CT molecular complexity index is 532. The molecule has 0 aliphatic carbocycles. The van der Waals surface area contributed by atoms with Gasteiger partial charge in [-0.2, -0.15) is 0 Å². The summed E-state index contributed by atoms with van der Waals surface area (Å²) in [6.45, 7) is 5.04. The van der Waals surface area contributed by atoms with Crippen molar-refractivity contribution in [1.29, 1.82) is 0 Å². The molecule has 0 aromatic heterocycles. The number of benzene rings is 1. The lowest BCUT2D eigenvalue weighted by Gasteiger charge is -2.32. The number of fused-ring (bicyclic) bond motifs is 1. The van der Waals surface area contributed by atoms with E-state index in [1.807, 2.05) is 18.2 Å². The molecular weight excluding hydrogens is 268 g/mol. The van der Waals surface area contributed by atoms with E-state index >= 15 is 0 Å². The van der Waals surface area contributed by atoms with E-state index in [2.05, 4.69) is 17.1 Å². The van der Waals surface area contributed by atoms with Crippen molar-refractivity contribution in [2.75, 3.05) is 31.6 Å². The van der Waals surface area contributed by atoms with E-state index in [1.54, 1.807) is 0 Å². The van der Waals surface area contributed by atoms with Crippen LogP contribution in [0.5, 0.6) is 5.75 Å². The van der Waals surface area contributed by atoms with Crippen LogP contribution in [0.4, 0.5) is 5.69 Å². The van der Waals surface area contributed by atoms with Gasteiger partial charge in [0.2, 0.25) is 0 Å². The van der Waals surface area contributed by atoms with Gasteiger partial charge in [-0.05, 0) is 43.0 Å². The van der Waals surface area contributed by atoms with Crippen LogP contribution in [0.1, 0.15) is 31.4 Å². The van der Waals surface area contributed by atoms with Gasteiger partial charge in [-0.3, -0.25) is 4.79 Å². The third kappa shape index (κ3) is 3.36. The topological polar surface area (TPSA) is 61.8 Å². The number of nitrogens with zero attached hydrogens (tertiary/aromatic N) is 1. The predicted molar refractivity (Wildman–Crippen MR) is 80.4 cm³/mol. The molecule has 1 aromatic rings. The fraction of sp³-hybridized carbons (Fsp3) is 0.562. The van der Waals surface area contributed by atoms with Gasteiger partial charge in [0.05, 0.1) is 11.8 Å². The Hall–Kier alpha value is -1.59. The molecule has 5 nitrogen and oxygen atoms in total. The number of hydrogen-bond donors (Lipinski definition) is 2. The molecule has 2 N–H and O–H groups in total. The number of hydrogen-bond acceptors (Lipinski definition) is 4. The summed E-state index contributed by atoms with van der Waals surface area (Å²) in [5, 5.41) is 13.2. The first-order chi connectivity index (χ1) is 10.1. The number of anilines is 1. The molecule has 114 valence electrons. The summed E-state index contributed by atoms with van der Waals surface area (Å²) in [5.74, 6) is 1.21. The monoisotopic (exact) mass is 290 g/mol. The van der Waals surface area contributed by atoms with Gasteiger partial charge in [0.1, 0.15) is 5.75 Å². The van der Waals surface area contributed by atoms with Crippen molar-refractivity contribution in [2.45, 2.75) is 25.9 Å². The van der Waals surface area contributed by atoms with E-state index in [9.17, 15) is 9.90 Å². The van der Waals surface area contributed by atoms with Crippen LogP contribution in [-0.2, 0) is 4.79 Å². The van der Waals surface area contributed by atoms with Gasteiger partial charge in [-0.25, -0.2) is 0 Å². The summed E-state index contributed by atoms with van der Waals surface area (Å²) in [7, 11) is 0. The smallest absolute Gasteiger partial charge is 0.262 e. The summed E-state index contributed by atoms with van der Waals surface area (Å²) in [4.78, 5) is 13.7. The van der Waals surface area contributed by atoms with Gasteiger partial charge < -0.3 is 20.1 Å². The number of piperidine rings is 1. The number of ether oxygens (including phenoxy) is 1. The van der Waals surface area contributed by atoms with E-state index in [0.29, 0.717) is 23.9 Å². The Kier molecular flexibility index (Phi) is 4.12. The Morgan fingerprint density at radius 3 is 3.19 bits per heavy atom.